The molecule has 0 saturated carbocycles. The van der Waals surface area contributed by atoms with Gasteiger partial charge in [0.05, 0.1) is 23.1 Å². The van der Waals surface area contributed by atoms with Crippen LogP contribution in [0.4, 0.5) is 0 Å². The van der Waals surface area contributed by atoms with Gasteiger partial charge in [-0.1, -0.05) is 12.1 Å². The van der Waals surface area contributed by atoms with Crippen LogP contribution in [0.25, 0.3) is 5.69 Å². The highest BCUT2D eigenvalue weighted by Gasteiger charge is 2.41. The van der Waals surface area contributed by atoms with Crippen LogP contribution in [-0.4, -0.2) is 51.5 Å². The number of aryl methyl sites for hydroxylation is 1. The van der Waals surface area contributed by atoms with Crippen LogP contribution in [-0.2, 0) is 0 Å². The van der Waals surface area contributed by atoms with E-state index in [-0.39, 0.29) is 5.91 Å². The van der Waals surface area contributed by atoms with Gasteiger partial charge in [-0.25, -0.2) is 0 Å². The van der Waals surface area contributed by atoms with Gasteiger partial charge in [-0.2, -0.15) is 15.0 Å². The van der Waals surface area contributed by atoms with Gasteiger partial charge in [-0.15, -0.1) is 0 Å². The molecular weight excluding hydrogens is 266 g/mol. The number of amides is 1. The van der Waals surface area contributed by atoms with Crippen LogP contribution in [0.1, 0.15) is 16.1 Å². The number of nitrogens with zero attached hydrogens (tertiary/aromatic N) is 4. The van der Waals surface area contributed by atoms with E-state index in [1.807, 2.05) is 36.1 Å². The maximum atomic E-state index is 12.8. The molecule has 4 rings (SSSR count). The molecular formula is C15H17N5O. The molecule has 1 N–H and O–H groups in total. The van der Waals surface area contributed by atoms with Crippen LogP contribution in [0.3, 0.4) is 0 Å². The summed E-state index contributed by atoms with van der Waals surface area (Å²) in [6.45, 7) is 4.55. The smallest absolute Gasteiger partial charge is 0.256 e. The van der Waals surface area contributed by atoms with Crippen molar-refractivity contribution in [2.24, 2.45) is 5.92 Å². The third kappa shape index (κ3) is 2.03. The van der Waals surface area contributed by atoms with Gasteiger partial charge in [0.25, 0.3) is 5.91 Å². The van der Waals surface area contributed by atoms with Gasteiger partial charge in [-0.05, 0) is 19.1 Å². The Morgan fingerprint density at radius 1 is 1.33 bits per heavy atom. The Morgan fingerprint density at radius 2 is 2.19 bits per heavy atom. The highest BCUT2D eigenvalue weighted by Crippen LogP contribution is 2.26. The highest BCUT2D eigenvalue weighted by atomic mass is 16.2. The molecule has 1 aromatic carbocycles. The van der Waals surface area contributed by atoms with E-state index in [0.717, 1.165) is 31.0 Å². The molecule has 3 heterocycles. The summed E-state index contributed by atoms with van der Waals surface area (Å²) in [6, 6.07) is 8.00. The maximum Gasteiger partial charge on any atom is 0.256 e. The summed E-state index contributed by atoms with van der Waals surface area (Å²) in [6.07, 6.45) is 1.70. The number of hydrogen-bond acceptors (Lipinski definition) is 4. The Balaban J connectivity index is 1.67. The van der Waals surface area contributed by atoms with Gasteiger partial charge in [0.2, 0.25) is 0 Å². The standard InChI is InChI=1S/C15H17N5O/c1-10-6-17-20(18-10)14-5-3-2-4-12(14)15(21)19-8-11-7-16-13(11)9-19/h2-6,11,13,16H,7-9H2,1H3. The second kappa shape index (κ2) is 4.66. The fraction of sp³-hybridized carbons (Fsp3) is 0.400. The van der Waals surface area contributed by atoms with Gasteiger partial charge >= 0.3 is 0 Å². The molecule has 0 spiro atoms. The summed E-state index contributed by atoms with van der Waals surface area (Å²) in [7, 11) is 0. The van der Waals surface area contributed by atoms with E-state index in [2.05, 4.69) is 15.5 Å². The Hall–Kier alpha value is -2.21. The lowest BCUT2D eigenvalue weighted by molar-refractivity contribution is 0.0789. The molecule has 0 radical (unpaired) electrons. The molecule has 2 fully saturated rings. The number of nitrogens with one attached hydrogen (secondary N) is 1. The third-order valence-corrected chi connectivity index (χ3v) is 4.33. The predicted octanol–water partition coefficient (Wildman–Crippen LogP) is 0.620. The quantitative estimate of drug-likeness (QED) is 0.877. The molecule has 108 valence electrons. The summed E-state index contributed by atoms with van der Waals surface area (Å²) in [5.74, 6) is 0.683. The number of carbonyl (C=O) groups excluding carboxylic acids is 1. The van der Waals surface area contributed by atoms with E-state index in [0.29, 0.717) is 17.5 Å². The number of carbonyl (C=O) groups is 1. The SMILES string of the molecule is Cc1cnn(-c2ccccc2C(=O)N2CC3CNC3C2)n1. The van der Waals surface area contributed by atoms with E-state index in [9.17, 15) is 4.79 Å². The summed E-state index contributed by atoms with van der Waals surface area (Å²) >= 11 is 0. The zero-order chi connectivity index (χ0) is 14.4. The first kappa shape index (κ1) is 12.5. The van der Waals surface area contributed by atoms with E-state index >= 15 is 0 Å². The van der Waals surface area contributed by atoms with E-state index in [4.69, 9.17) is 0 Å². The number of benzene rings is 1. The normalized spacial score (nSPS) is 23.8. The van der Waals surface area contributed by atoms with Crippen molar-refractivity contribution in [3.63, 3.8) is 0 Å². The summed E-state index contributed by atoms with van der Waals surface area (Å²) in [5.41, 5.74) is 2.23. The average molecular weight is 283 g/mol. The fourth-order valence-corrected chi connectivity index (χ4v) is 3.07. The Labute approximate surface area is 122 Å². The van der Waals surface area contributed by atoms with Crippen molar-refractivity contribution < 1.29 is 4.79 Å². The van der Waals surface area contributed by atoms with Crippen molar-refractivity contribution in [3.8, 4) is 5.69 Å². The Bertz CT molecular complexity index is 683. The van der Waals surface area contributed by atoms with Crippen LogP contribution in [0.15, 0.2) is 30.5 Å². The largest absolute Gasteiger partial charge is 0.337 e. The van der Waals surface area contributed by atoms with Crippen molar-refractivity contribution in [2.75, 3.05) is 19.6 Å². The van der Waals surface area contributed by atoms with Crippen LogP contribution in [0.5, 0.6) is 0 Å². The van der Waals surface area contributed by atoms with Crippen molar-refractivity contribution in [3.05, 3.63) is 41.7 Å². The molecule has 6 nitrogen and oxygen atoms in total. The lowest BCUT2D eigenvalue weighted by Gasteiger charge is -2.29. The molecule has 6 heteroatoms. The first-order chi connectivity index (χ1) is 10.2. The Morgan fingerprint density at radius 3 is 2.81 bits per heavy atom. The topological polar surface area (TPSA) is 63.1 Å². The monoisotopic (exact) mass is 283 g/mol. The predicted molar refractivity (Wildman–Crippen MR) is 77.3 cm³/mol. The van der Waals surface area contributed by atoms with E-state index in [1.54, 1.807) is 6.20 Å². The van der Waals surface area contributed by atoms with Gasteiger partial charge < -0.3 is 10.2 Å². The zero-order valence-corrected chi connectivity index (χ0v) is 11.9. The molecule has 1 amide bonds. The molecule has 2 unspecified atom stereocenters. The fourth-order valence-electron chi connectivity index (χ4n) is 3.07. The number of fused-ring (bicyclic) bond motifs is 1. The molecule has 1 aromatic heterocycles. The highest BCUT2D eigenvalue weighted by molar-refractivity contribution is 5.98. The summed E-state index contributed by atoms with van der Waals surface area (Å²) in [4.78, 5) is 16.3. The zero-order valence-electron chi connectivity index (χ0n) is 11.9. The molecule has 0 bridgehead atoms. The molecule has 21 heavy (non-hydrogen) atoms. The molecule has 2 aliphatic rings. The number of likely N-dealkylation sites (tertiary alicyclic amines) is 1. The van der Waals surface area contributed by atoms with Crippen molar-refractivity contribution >= 4 is 5.91 Å². The number of para-hydroxylation sites is 1. The summed E-state index contributed by atoms with van der Waals surface area (Å²) in [5, 5.41) is 11.9. The first-order valence-electron chi connectivity index (χ1n) is 7.23. The first-order valence-corrected chi connectivity index (χ1v) is 7.23. The number of rotatable bonds is 2. The van der Waals surface area contributed by atoms with Crippen molar-refractivity contribution in [1.29, 1.82) is 0 Å². The maximum absolute atomic E-state index is 12.8. The van der Waals surface area contributed by atoms with Crippen LogP contribution < -0.4 is 5.32 Å². The van der Waals surface area contributed by atoms with Crippen LogP contribution >= 0.6 is 0 Å². The minimum absolute atomic E-state index is 0.0664. The van der Waals surface area contributed by atoms with Gasteiger partial charge in [0.1, 0.15) is 0 Å². The number of aromatic nitrogens is 3. The molecule has 2 atom stereocenters. The van der Waals surface area contributed by atoms with Crippen molar-refractivity contribution in [1.82, 2.24) is 25.2 Å². The second-order valence-corrected chi connectivity index (χ2v) is 5.78. The van der Waals surface area contributed by atoms with E-state index in [1.165, 1.54) is 4.80 Å². The van der Waals surface area contributed by atoms with E-state index < -0.39 is 0 Å². The molecule has 2 aromatic rings. The lowest BCUT2D eigenvalue weighted by Crippen LogP contribution is -2.51. The molecule has 2 saturated heterocycles. The average Bonchev–Trinajstić information content (AvgIpc) is 3.03. The van der Waals surface area contributed by atoms with Gasteiger partial charge in [-0.3, -0.25) is 4.79 Å². The van der Waals surface area contributed by atoms with Gasteiger partial charge in [0.15, 0.2) is 0 Å². The lowest BCUT2D eigenvalue weighted by atomic mass is 9.96. The number of hydrogen-bond donors (Lipinski definition) is 1. The minimum atomic E-state index is 0.0664. The van der Waals surface area contributed by atoms with Gasteiger partial charge in [0, 0.05) is 31.6 Å². The van der Waals surface area contributed by atoms with Crippen molar-refractivity contribution in [2.45, 2.75) is 13.0 Å². The Kier molecular flexibility index (Phi) is 2.78. The second-order valence-electron chi connectivity index (χ2n) is 5.78. The summed E-state index contributed by atoms with van der Waals surface area (Å²) < 4.78 is 0. The van der Waals surface area contributed by atoms with Crippen LogP contribution in [0, 0.1) is 12.8 Å². The van der Waals surface area contributed by atoms with Crippen LogP contribution in [0.2, 0.25) is 0 Å². The molecule has 0 aliphatic carbocycles. The third-order valence-electron chi connectivity index (χ3n) is 4.33. The molecule has 2 aliphatic heterocycles. The minimum Gasteiger partial charge on any atom is -0.337 e.